The predicted molar refractivity (Wildman–Crippen MR) is 106 cm³/mol. The van der Waals surface area contributed by atoms with Gasteiger partial charge in [-0.2, -0.15) is 0 Å². The van der Waals surface area contributed by atoms with Gasteiger partial charge in [0.15, 0.2) is 8.32 Å². The molecule has 0 bridgehead atoms. The van der Waals surface area contributed by atoms with Gasteiger partial charge in [-0.05, 0) is 67.6 Å². The molecule has 24 heavy (non-hydrogen) atoms. The highest BCUT2D eigenvalue weighted by molar-refractivity contribution is 6.74. The molecule has 0 aromatic carbocycles. The van der Waals surface area contributed by atoms with Crippen LogP contribution in [0.4, 0.5) is 0 Å². The molecule has 0 unspecified atom stereocenters. The summed E-state index contributed by atoms with van der Waals surface area (Å²) >= 11 is 0. The van der Waals surface area contributed by atoms with Crippen molar-refractivity contribution in [2.75, 3.05) is 6.61 Å². The molecule has 3 atom stereocenters. The minimum Gasteiger partial charge on any atom is -0.414 e. The summed E-state index contributed by atoms with van der Waals surface area (Å²) in [5, 5.41) is 0.234. The van der Waals surface area contributed by atoms with E-state index in [1.165, 1.54) is 31.3 Å². The van der Waals surface area contributed by atoms with Crippen LogP contribution < -0.4 is 0 Å². The van der Waals surface area contributed by atoms with Gasteiger partial charge in [0, 0.05) is 0 Å². The fourth-order valence-corrected chi connectivity index (χ4v) is 5.46. The van der Waals surface area contributed by atoms with Crippen LogP contribution in [0.15, 0.2) is 12.2 Å². The van der Waals surface area contributed by atoms with E-state index >= 15 is 0 Å². The SMILES string of the molecule is C=C1CC[C@H]2C(C)(C)CCC[C@]2(C)O[C@H]1CO[Si](C)(C)C(C)(C)C. The first kappa shape index (κ1) is 20.2. The Bertz CT molecular complexity index is 475. The van der Waals surface area contributed by atoms with E-state index in [-0.39, 0.29) is 16.7 Å². The van der Waals surface area contributed by atoms with E-state index in [2.05, 4.69) is 61.2 Å². The van der Waals surface area contributed by atoms with Gasteiger partial charge in [-0.3, -0.25) is 0 Å². The normalized spacial score (nSPS) is 34.6. The van der Waals surface area contributed by atoms with E-state index in [0.717, 1.165) is 6.42 Å². The van der Waals surface area contributed by atoms with Crippen molar-refractivity contribution in [3.05, 3.63) is 12.2 Å². The highest BCUT2D eigenvalue weighted by Crippen LogP contribution is 2.52. The zero-order valence-electron chi connectivity index (χ0n) is 17.4. The van der Waals surface area contributed by atoms with Gasteiger partial charge in [0.25, 0.3) is 0 Å². The molecule has 0 amide bonds. The molecule has 2 aliphatic rings. The molecule has 0 radical (unpaired) electrons. The molecule has 3 heteroatoms. The maximum Gasteiger partial charge on any atom is 0.192 e. The summed E-state index contributed by atoms with van der Waals surface area (Å²) in [5.41, 5.74) is 1.57. The van der Waals surface area contributed by atoms with Crippen LogP contribution in [0.3, 0.4) is 0 Å². The molecule has 2 nitrogen and oxygen atoms in total. The first-order chi connectivity index (χ1) is 10.8. The second-order valence-electron chi connectivity index (χ2n) is 10.6. The van der Waals surface area contributed by atoms with Crippen LogP contribution in [-0.4, -0.2) is 26.6 Å². The standard InChI is InChI=1S/C21H40O2Si/c1-16-11-12-18-20(5,6)13-10-14-21(18,7)23-17(16)15-22-24(8,9)19(2,3)4/h17-18H,1,10-15H2,2-9H3/t17-,18-,21-/m0/s1. The lowest BCUT2D eigenvalue weighted by Crippen LogP contribution is -2.50. The van der Waals surface area contributed by atoms with E-state index < -0.39 is 8.32 Å². The second-order valence-corrected chi connectivity index (χ2v) is 15.4. The fourth-order valence-electron chi connectivity index (χ4n) is 4.46. The van der Waals surface area contributed by atoms with Crippen LogP contribution in [-0.2, 0) is 9.16 Å². The fraction of sp³-hybridized carbons (Fsp3) is 0.905. The van der Waals surface area contributed by atoms with Crippen LogP contribution in [0.25, 0.3) is 0 Å². The Morgan fingerprint density at radius 3 is 2.42 bits per heavy atom. The summed E-state index contributed by atoms with van der Waals surface area (Å²) in [6, 6.07) is 0. The average Bonchev–Trinajstić information content (AvgIpc) is 2.53. The zero-order chi connectivity index (χ0) is 18.4. The summed E-state index contributed by atoms with van der Waals surface area (Å²) < 4.78 is 13.2. The van der Waals surface area contributed by atoms with Crippen molar-refractivity contribution in [1.82, 2.24) is 0 Å². The summed E-state index contributed by atoms with van der Waals surface area (Å²) in [6.45, 7) is 23.8. The molecule has 2 fully saturated rings. The zero-order valence-corrected chi connectivity index (χ0v) is 18.4. The van der Waals surface area contributed by atoms with Crippen molar-refractivity contribution in [2.45, 2.75) is 103 Å². The molecule has 1 aliphatic carbocycles. The Hall–Kier alpha value is -0.123. The molecular formula is C21H40O2Si. The van der Waals surface area contributed by atoms with Crippen LogP contribution in [0.5, 0.6) is 0 Å². The van der Waals surface area contributed by atoms with Gasteiger partial charge in [-0.25, -0.2) is 0 Å². The maximum atomic E-state index is 6.76. The lowest BCUT2D eigenvalue weighted by atomic mass is 9.60. The lowest BCUT2D eigenvalue weighted by Gasteiger charge is -2.50. The van der Waals surface area contributed by atoms with E-state index in [9.17, 15) is 0 Å². The van der Waals surface area contributed by atoms with Gasteiger partial charge in [0.2, 0.25) is 0 Å². The van der Waals surface area contributed by atoms with Crippen LogP contribution in [0.1, 0.15) is 73.6 Å². The van der Waals surface area contributed by atoms with E-state index in [1.54, 1.807) is 0 Å². The van der Waals surface area contributed by atoms with E-state index in [0.29, 0.717) is 17.9 Å². The number of rotatable bonds is 3. The van der Waals surface area contributed by atoms with Gasteiger partial charge in [-0.15, -0.1) is 0 Å². The predicted octanol–water partition coefficient (Wildman–Crippen LogP) is 6.33. The third-order valence-corrected chi connectivity index (χ3v) is 11.7. The molecule has 1 aliphatic heterocycles. The van der Waals surface area contributed by atoms with Crippen molar-refractivity contribution in [2.24, 2.45) is 11.3 Å². The number of hydrogen-bond acceptors (Lipinski definition) is 2. The highest BCUT2D eigenvalue weighted by Gasteiger charge is 2.50. The Labute approximate surface area is 151 Å². The monoisotopic (exact) mass is 352 g/mol. The van der Waals surface area contributed by atoms with Crippen LogP contribution in [0, 0.1) is 11.3 Å². The number of ether oxygens (including phenoxy) is 1. The van der Waals surface area contributed by atoms with Gasteiger partial charge < -0.3 is 9.16 Å². The van der Waals surface area contributed by atoms with Crippen molar-refractivity contribution < 1.29 is 9.16 Å². The maximum absolute atomic E-state index is 6.76. The Morgan fingerprint density at radius 2 is 1.83 bits per heavy atom. The molecule has 140 valence electrons. The van der Waals surface area contributed by atoms with Gasteiger partial charge in [0.05, 0.1) is 12.2 Å². The molecule has 0 N–H and O–H groups in total. The Balaban J connectivity index is 2.14. The second kappa shape index (κ2) is 6.55. The minimum absolute atomic E-state index is 0.0252. The topological polar surface area (TPSA) is 18.5 Å². The van der Waals surface area contributed by atoms with Crippen LogP contribution >= 0.6 is 0 Å². The van der Waals surface area contributed by atoms with Crippen LogP contribution in [0.2, 0.25) is 18.1 Å². The quantitative estimate of drug-likeness (QED) is 0.436. The largest absolute Gasteiger partial charge is 0.414 e. The number of fused-ring (bicyclic) bond motifs is 1. The minimum atomic E-state index is -1.75. The lowest BCUT2D eigenvalue weighted by molar-refractivity contribution is -0.155. The third kappa shape index (κ3) is 3.99. The van der Waals surface area contributed by atoms with Gasteiger partial charge in [0.1, 0.15) is 6.10 Å². The summed E-state index contributed by atoms with van der Waals surface area (Å²) in [5.74, 6) is 0.619. The summed E-state index contributed by atoms with van der Waals surface area (Å²) in [7, 11) is -1.75. The number of hydrogen-bond donors (Lipinski definition) is 0. The Morgan fingerprint density at radius 1 is 1.21 bits per heavy atom. The van der Waals surface area contributed by atoms with Gasteiger partial charge >= 0.3 is 0 Å². The van der Waals surface area contributed by atoms with Gasteiger partial charge in [-0.1, -0.05) is 47.6 Å². The molecule has 1 saturated heterocycles. The Kier molecular flexibility index (Phi) is 5.51. The molecule has 0 aromatic heterocycles. The van der Waals surface area contributed by atoms with Crippen molar-refractivity contribution in [3.63, 3.8) is 0 Å². The smallest absolute Gasteiger partial charge is 0.192 e. The third-order valence-electron chi connectivity index (χ3n) is 7.20. The molecule has 2 rings (SSSR count). The van der Waals surface area contributed by atoms with Crippen molar-refractivity contribution in [1.29, 1.82) is 0 Å². The summed E-state index contributed by atoms with van der Waals surface area (Å²) in [4.78, 5) is 0. The molecule has 0 spiro atoms. The van der Waals surface area contributed by atoms with Crippen molar-refractivity contribution >= 4 is 8.32 Å². The molecular weight excluding hydrogens is 312 g/mol. The van der Waals surface area contributed by atoms with E-state index in [1.807, 2.05) is 0 Å². The molecule has 1 heterocycles. The highest BCUT2D eigenvalue weighted by atomic mass is 28.4. The first-order valence-corrected chi connectivity index (χ1v) is 12.7. The average molecular weight is 353 g/mol. The molecule has 0 aromatic rings. The summed E-state index contributed by atoms with van der Waals surface area (Å²) in [6.07, 6.45) is 6.10. The van der Waals surface area contributed by atoms with E-state index in [4.69, 9.17) is 9.16 Å². The van der Waals surface area contributed by atoms with Crippen molar-refractivity contribution in [3.8, 4) is 0 Å². The first-order valence-electron chi connectivity index (χ1n) is 9.78. The molecule has 1 saturated carbocycles.